The Morgan fingerprint density at radius 1 is 0.960 bits per heavy atom. The molecule has 0 spiro atoms. The van der Waals surface area contributed by atoms with Crippen molar-refractivity contribution in [2.45, 2.75) is 6.54 Å². The predicted molar refractivity (Wildman–Crippen MR) is 94.8 cm³/mol. The summed E-state index contributed by atoms with van der Waals surface area (Å²) < 4.78 is 15.1. The molecule has 4 aromatic rings. The first-order valence-corrected chi connectivity index (χ1v) is 7.87. The Labute approximate surface area is 143 Å². The van der Waals surface area contributed by atoms with Crippen LogP contribution >= 0.6 is 0 Å². The SMILES string of the molecule is NNCc1ccc2c(-c3ccncc3)c(-c3ccc(F)cc3)nn2c1. The standard InChI is InChI=1S/C19H16FN5/c20-16-4-2-15(3-5-16)19-18(14-7-9-22-10-8-14)17-6-1-13(11-23-21)12-25(17)24-19/h1-10,12,23H,11,21H2. The molecule has 0 fully saturated rings. The summed E-state index contributed by atoms with van der Waals surface area (Å²) in [6.45, 7) is 0.548. The minimum absolute atomic E-state index is 0.269. The molecule has 124 valence electrons. The topological polar surface area (TPSA) is 68.2 Å². The molecule has 5 nitrogen and oxygen atoms in total. The van der Waals surface area contributed by atoms with Gasteiger partial charge in [0.05, 0.1) is 5.52 Å². The van der Waals surface area contributed by atoms with Crippen LogP contribution in [-0.2, 0) is 6.54 Å². The van der Waals surface area contributed by atoms with Crippen molar-refractivity contribution in [2.75, 3.05) is 0 Å². The van der Waals surface area contributed by atoms with E-state index >= 15 is 0 Å². The number of benzene rings is 1. The first-order valence-electron chi connectivity index (χ1n) is 7.87. The van der Waals surface area contributed by atoms with Crippen molar-refractivity contribution in [1.82, 2.24) is 20.0 Å². The van der Waals surface area contributed by atoms with Crippen LogP contribution in [0.25, 0.3) is 27.9 Å². The third-order valence-electron chi connectivity index (χ3n) is 4.08. The van der Waals surface area contributed by atoms with Gasteiger partial charge < -0.3 is 0 Å². The molecule has 0 unspecified atom stereocenters. The van der Waals surface area contributed by atoms with Crippen molar-refractivity contribution in [2.24, 2.45) is 5.84 Å². The lowest BCUT2D eigenvalue weighted by molar-refractivity contribution is 0.628. The van der Waals surface area contributed by atoms with E-state index in [4.69, 9.17) is 10.9 Å². The molecule has 0 atom stereocenters. The quantitative estimate of drug-likeness (QED) is 0.445. The second kappa shape index (κ2) is 6.43. The van der Waals surface area contributed by atoms with E-state index in [1.54, 1.807) is 24.5 Å². The molecule has 0 radical (unpaired) electrons. The van der Waals surface area contributed by atoms with Gasteiger partial charge in [0.1, 0.15) is 11.5 Å². The average Bonchev–Trinajstić information content (AvgIpc) is 3.02. The molecule has 0 aliphatic heterocycles. The lowest BCUT2D eigenvalue weighted by Crippen LogP contribution is -2.20. The third kappa shape index (κ3) is 2.88. The van der Waals surface area contributed by atoms with Gasteiger partial charge in [0, 0.05) is 36.3 Å². The molecule has 4 rings (SSSR count). The molecule has 3 N–H and O–H groups in total. The van der Waals surface area contributed by atoms with Gasteiger partial charge in [0.15, 0.2) is 0 Å². The van der Waals surface area contributed by atoms with Gasteiger partial charge in [-0.1, -0.05) is 6.07 Å². The predicted octanol–water partition coefficient (Wildman–Crippen LogP) is 3.17. The molecule has 6 heteroatoms. The lowest BCUT2D eigenvalue weighted by atomic mass is 10.0. The number of fused-ring (bicyclic) bond motifs is 1. The summed E-state index contributed by atoms with van der Waals surface area (Å²) in [5.74, 6) is 5.14. The molecule has 0 aliphatic carbocycles. The van der Waals surface area contributed by atoms with E-state index in [1.165, 1.54) is 12.1 Å². The smallest absolute Gasteiger partial charge is 0.123 e. The summed E-state index contributed by atoms with van der Waals surface area (Å²) in [5, 5.41) is 4.74. The molecule has 0 bridgehead atoms. The Balaban J connectivity index is 1.98. The van der Waals surface area contributed by atoms with Crippen molar-refractivity contribution in [3.05, 3.63) is 78.5 Å². The number of halogens is 1. The molecular formula is C19H16FN5. The summed E-state index contributed by atoms with van der Waals surface area (Å²) in [5.41, 5.74) is 8.28. The zero-order chi connectivity index (χ0) is 17.2. The maximum Gasteiger partial charge on any atom is 0.123 e. The second-order valence-corrected chi connectivity index (χ2v) is 5.71. The van der Waals surface area contributed by atoms with Crippen LogP contribution in [0.3, 0.4) is 0 Å². The molecule has 3 aromatic heterocycles. The molecule has 0 amide bonds. The number of aromatic nitrogens is 3. The van der Waals surface area contributed by atoms with E-state index in [2.05, 4.69) is 10.4 Å². The molecule has 25 heavy (non-hydrogen) atoms. The van der Waals surface area contributed by atoms with Crippen molar-refractivity contribution >= 4 is 5.52 Å². The zero-order valence-electron chi connectivity index (χ0n) is 13.4. The fourth-order valence-electron chi connectivity index (χ4n) is 2.93. The Bertz CT molecular complexity index is 1010. The number of nitrogens with one attached hydrogen (secondary N) is 1. The van der Waals surface area contributed by atoms with Crippen molar-refractivity contribution in [3.63, 3.8) is 0 Å². The highest BCUT2D eigenvalue weighted by atomic mass is 19.1. The summed E-state index contributed by atoms with van der Waals surface area (Å²) in [4.78, 5) is 4.09. The molecule has 3 heterocycles. The van der Waals surface area contributed by atoms with Gasteiger partial charge in [-0.15, -0.1) is 0 Å². The van der Waals surface area contributed by atoms with Gasteiger partial charge in [-0.2, -0.15) is 5.10 Å². The number of nitrogens with two attached hydrogens (primary N) is 1. The second-order valence-electron chi connectivity index (χ2n) is 5.71. The van der Waals surface area contributed by atoms with Crippen molar-refractivity contribution in [1.29, 1.82) is 0 Å². The van der Waals surface area contributed by atoms with E-state index in [1.807, 2.05) is 35.0 Å². The fourth-order valence-corrected chi connectivity index (χ4v) is 2.93. The minimum atomic E-state index is -0.269. The Morgan fingerprint density at radius 3 is 2.44 bits per heavy atom. The average molecular weight is 333 g/mol. The lowest BCUT2D eigenvalue weighted by Gasteiger charge is -2.04. The van der Waals surface area contributed by atoms with Gasteiger partial charge >= 0.3 is 0 Å². The molecule has 0 saturated heterocycles. The molecule has 0 saturated carbocycles. The summed E-state index contributed by atoms with van der Waals surface area (Å²) in [7, 11) is 0. The highest BCUT2D eigenvalue weighted by Gasteiger charge is 2.16. The monoisotopic (exact) mass is 333 g/mol. The Kier molecular flexibility index (Phi) is 3.97. The fraction of sp³-hybridized carbons (Fsp3) is 0.0526. The van der Waals surface area contributed by atoms with E-state index in [0.29, 0.717) is 6.54 Å². The number of hydrogen-bond acceptors (Lipinski definition) is 4. The summed E-state index contributed by atoms with van der Waals surface area (Å²) >= 11 is 0. The Hall–Kier alpha value is -3.09. The number of pyridine rings is 2. The van der Waals surface area contributed by atoms with Gasteiger partial charge in [0.25, 0.3) is 0 Å². The first kappa shape index (κ1) is 15.4. The van der Waals surface area contributed by atoms with Crippen LogP contribution in [0, 0.1) is 5.82 Å². The first-order chi connectivity index (χ1) is 12.3. The highest BCUT2D eigenvalue weighted by molar-refractivity contribution is 5.92. The van der Waals surface area contributed by atoms with Crippen molar-refractivity contribution in [3.8, 4) is 22.4 Å². The summed E-state index contributed by atoms with van der Waals surface area (Å²) in [6.07, 6.45) is 5.44. The zero-order valence-corrected chi connectivity index (χ0v) is 13.4. The van der Waals surface area contributed by atoms with E-state index in [9.17, 15) is 4.39 Å². The van der Waals surface area contributed by atoms with E-state index in [-0.39, 0.29) is 5.82 Å². The van der Waals surface area contributed by atoms with Crippen LogP contribution in [0.2, 0.25) is 0 Å². The maximum absolute atomic E-state index is 13.3. The number of hydrogen-bond donors (Lipinski definition) is 2. The Morgan fingerprint density at radius 2 is 1.72 bits per heavy atom. The van der Waals surface area contributed by atoms with Crippen molar-refractivity contribution < 1.29 is 4.39 Å². The van der Waals surface area contributed by atoms with Crippen LogP contribution in [0.1, 0.15) is 5.56 Å². The highest BCUT2D eigenvalue weighted by Crippen LogP contribution is 2.35. The van der Waals surface area contributed by atoms with E-state index in [0.717, 1.165) is 33.5 Å². The summed E-state index contributed by atoms with van der Waals surface area (Å²) in [6, 6.07) is 14.3. The normalized spacial score (nSPS) is 11.1. The maximum atomic E-state index is 13.3. The van der Waals surface area contributed by atoms with Gasteiger partial charge in [0.2, 0.25) is 0 Å². The minimum Gasteiger partial charge on any atom is -0.271 e. The molecule has 1 aromatic carbocycles. The van der Waals surface area contributed by atoms with Crippen LogP contribution in [0.15, 0.2) is 67.1 Å². The van der Waals surface area contributed by atoms with Crippen LogP contribution in [0.5, 0.6) is 0 Å². The molecule has 0 aliphatic rings. The number of hydrazine groups is 1. The number of rotatable bonds is 4. The van der Waals surface area contributed by atoms with Gasteiger partial charge in [-0.05, 0) is 53.6 Å². The van der Waals surface area contributed by atoms with Gasteiger partial charge in [-0.3, -0.25) is 16.3 Å². The largest absolute Gasteiger partial charge is 0.271 e. The number of nitrogens with zero attached hydrogens (tertiary/aromatic N) is 3. The van der Waals surface area contributed by atoms with Crippen LogP contribution in [-0.4, -0.2) is 14.6 Å². The van der Waals surface area contributed by atoms with E-state index < -0.39 is 0 Å². The van der Waals surface area contributed by atoms with Crippen LogP contribution in [0.4, 0.5) is 4.39 Å². The van der Waals surface area contributed by atoms with Crippen LogP contribution < -0.4 is 11.3 Å². The molecular weight excluding hydrogens is 317 g/mol. The van der Waals surface area contributed by atoms with Gasteiger partial charge in [-0.25, -0.2) is 8.91 Å². The third-order valence-corrected chi connectivity index (χ3v) is 4.08.